The van der Waals surface area contributed by atoms with Crippen molar-refractivity contribution in [2.45, 2.75) is 12.7 Å². The Balaban J connectivity index is 3.17. The first-order valence-electron chi connectivity index (χ1n) is 3.66. The van der Waals surface area contributed by atoms with Gasteiger partial charge in [0.25, 0.3) is 0 Å². The Labute approximate surface area is 91.1 Å². The molecule has 0 amide bonds. The summed E-state index contributed by atoms with van der Waals surface area (Å²) in [4.78, 5) is 0. The van der Waals surface area contributed by atoms with E-state index in [1.807, 2.05) is 0 Å². The van der Waals surface area contributed by atoms with Crippen LogP contribution in [-0.4, -0.2) is 8.42 Å². The van der Waals surface area contributed by atoms with Gasteiger partial charge in [-0.2, -0.15) is 0 Å². The molecule has 14 heavy (non-hydrogen) atoms. The molecule has 0 fully saturated rings. The van der Waals surface area contributed by atoms with E-state index in [4.69, 9.17) is 22.3 Å². The van der Waals surface area contributed by atoms with Crippen molar-refractivity contribution in [3.05, 3.63) is 34.1 Å². The molecular formula is C8H7Cl2FO2S. The highest BCUT2D eigenvalue weighted by Gasteiger charge is 2.12. The third-order valence-corrected chi connectivity index (χ3v) is 2.98. The van der Waals surface area contributed by atoms with Gasteiger partial charge in [-0.05, 0) is 30.2 Å². The molecule has 1 aromatic carbocycles. The number of hydrogen-bond donors (Lipinski definition) is 0. The standard InChI is InChI=1S/C8H7Cl2FO2S/c1-5-2-8(11)7(9)3-6(5)4-14(10,12)13/h2-3H,4H2,1H3. The minimum absolute atomic E-state index is 0.106. The Kier molecular flexibility index (Phi) is 3.40. The van der Waals surface area contributed by atoms with E-state index in [1.165, 1.54) is 12.1 Å². The Morgan fingerprint density at radius 1 is 1.43 bits per heavy atom. The number of rotatable bonds is 2. The van der Waals surface area contributed by atoms with Crippen molar-refractivity contribution in [3.8, 4) is 0 Å². The van der Waals surface area contributed by atoms with E-state index in [-0.39, 0.29) is 10.8 Å². The van der Waals surface area contributed by atoms with E-state index >= 15 is 0 Å². The third-order valence-electron chi connectivity index (χ3n) is 1.71. The zero-order valence-corrected chi connectivity index (χ0v) is 9.55. The average molecular weight is 257 g/mol. The molecule has 0 bridgehead atoms. The van der Waals surface area contributed by atoms with Crippen LogP contribution in [0.1, 0.15) is 11.1 Å². The van der Waals surface area contributed by atoms with Gasteiger partial charge in [0.1, 0.15) is 5.82 Å². The molecule has 0 aliphatic carbocycles. The number of hydrogen-bond acceptors (Lipinski definition) is 2. The van der Waals surface area contributed by atoms with Crippen LogP contribution >= 0.6 is 22.3 Å². The van der Waals surface area contributed by atoms with Crippen molar-refractivity contribution in [1.29, 1.82) is 0 Å². The smallest absolute Gasteiger partial charge is 0.212 e. The maximum absolute atomic E-state index is 12.9. The zero-order chi connectivity index (χ0) is 10.9. The second-order valence-electron chi connectivity index (χ2n) is 2.88. The first kappa shape index (κ1) is 11.8. The summed E-state index contributed by atoms with van der Waals surface area (Å²) in [5, 5.41) is -0.106. The van der Waals surface area contributed by atoms with Gasteiger partial charge in [-0.1, -0.05) is 11.6 Å². The molecular weight excluding hydrogens is 250 g/mol. The van der Waals surface area contributed by atoms with Gasteiger partial charge in [-0.3, -0.25) is 0 Å². The summed E-state index contributed by atoms with van der Waals surface area (Å²) < 4.78 is 34.4. The molecule has 0 aromatic heterocycles. The molecule has 1 rings (SSSR count). The Bertz CT molecular complexity index is 457. The van der Waals surface area contributed by atoms with Crippen LogP contribution in [-0.2, 0) is 14.8 Å². The molecule has 0 heterocycles. The molecule has 0 aliphatic heterocycles. The van der Waals surface area contributed by atoms with Gasteiger partial charge in [0.05, 0.1) is 10.8 Å². The lowest BCUT2D eigenvalue weighted by Gasteiger charge is -2.04. The van der Waals surface area contributed by atoms with Crippen LogP contribution in [0.15, 0.2) is 12.1 Å². The van der Waals surface area contributed by atoms with Gasteiger partial charge in [-0.15, -0.1) is 0 Å². The largest absolute Gasteiger partial charge is 0.236 e. The molecule has 0 radical (unpaired) electrons. The summed E-state index contributed by atoms with van der Waals surface area (Å²) in [5.41, 5.74) is 0.919. The van der Waals surface area contributed by atoms with Crippen molar-refractivity contribution >= 4 is 31.3 Å². The molecule has 0 aliphatic rings. The Hall–Kier alpha value is -0.320. The third kappa shape index (κ3) is 3.12. The van der Waals surface area contributed by atoms with E-state index in [9.17, 15) is 12.8 Å². The molecule has 0 atom stereocenters. The Morgan fingerprint density at radius 3 is 2.50 bits per heavy atom. The lowest BCUT2D eigenvalue weighted by Crippen LogP contribution is -1.98. The fourth-order valence-corrected chi connectivity index (χ4v) is 2.25. The predicted octanol–water partition coefficient (Wildman–Crippen LogP) is 2.86. The van der Waals surface area contributed by atoms with Crippen LogP contribution in [0.5, 0.6) is 0 Å². The molecule has 0 N–H and O–H groups in total. The van der Waals surface area contributed by atoms with Gasteiger partial charge in [0, 0.05) is 10.7 Å². The highest BCUT2D eigenvalue weighted by Crippen LogP contribution is 2.22. The van der Waals surface area contributed by atoms with Crippen LogP contribution < -0.4 is 0 Å². The van der Waals surface area contributed by atoms with E-state index in [0.29, 0.717) is 11.1 Å². The molecule has 0 unspecified atom stereocenters. The predicted molar refractivity (Wildman–Crippen MR) is 54.6 cm³/mol. The van der Waals surface area contributed by atoms with Gasteiger partial charge in [0.2, 0.25) is 9.05 Å². The van der Waals surface area contributed by atoms with Crippen molar-refractivity contribution in [3.63, 3.8) is 0 Å². The van der Waals surface area contributed by atoms with Gasteiger partial charge in [0.15, 0.2) is 0 Å². The summed E-state index contributed by atoms with van der Waals surface area (Å²) in [5.74, 6) is -0.916. The minimum Gasteiger partial charge on any atom is -0.212 e. The van der Waals surface area contributed by atoms with Gasteiger partial charge >= 0.3 is 0 Å². The lowest BCUT2D eigenvalue weighted by molar-refractivity contribution is 0.607. The van der Waals surface area contributed by atoms with Crippen LogP contribution in [0.2, 0.25) is 5.02 Å². The summed E-state index contributed by atoms with van der Waals surface area (Å²) >= 11 is 5.50. The normalized spacial score (nSPS) is 11.7. The van der Waals surface area contributed by atoms with Crippen LogP contribution in [0.3, 0.4) is 0 Å². The molecule has 0 saturated carbocycles. The van der Waals surface area contributed by atoms with Gasteiger partial charge in [-0.25, -0.2) is 12.8 Å². The fourth-order valence-electron chi connectivity index (χ4n) is 1.03. The summed E-state index contributed by atoms with van der Waals surface area (Å²) in [6.07, 6.45) is 0. The molecule has 2 nitrogen and oxygen atoms in total. The summed E-state index contributed by atoms with van der Waals surface area (Å²) in [7, 11) is 1.43. The van der Waals surface area contributed by atoms with Crippen LogP contribution in [0.25, 0.3) is 0 Å². The average Bonchev–Trinajstić information content (AvgIpc) is 1.97. The zero-order valence-electron chi connectivity index (χ0n) is 7.22. The topological polar surface area (TPSA) is 34.1 Å². The fraction of sp³-hybridized carbons (Fsp3) is 0.250. The quantitative estimate of drug-likeness (QED) is 0.763. The Morgan fingerprint density at radius 2 is 2.00 bits per heavy atom. The van der Waals surface area contributed by atoms with E-state index in [1.54, 1.807) is 6.92 Å². The maximum atomic E-state index is 12.9. The first-order valence-corrected chi connectivity index (χ1v) is 6.52. The molecule has 0 spiro atoms. The SMILES string of the molecule is Cc1cc(F)c(Cl)cc1CS(=O)(=O)Cl. The van der Waals surface area contributed by atoms with E-state index in [2.05, 4.69) is 0 Å². The molecule has 78 valence electrons. The van der Waals surface area contributed by atoms with Crippen LogP contribution in [0.4, 0.5) is 4.39 Å². The molecule has 6 heteroatoms. The number of halogens is 3. The van der Waals surface area contributed by atoms with E-state index in [0.717, 1.165) is 0 Å². The van der Waals surface area contributed by atoms with Crippen molar-refractivity contribution in [2.75, 3.05) is 0 Å². The number of benzene rings is 1. The lowest BCUT2D eigenvalue weighted by atomic mass is 10.1. The van der Waals surface area contributed by atoms with E-state index < -0.39 is 14.9 Å². The summed E-state index contributed by atoms with van der Waals surface area (Å²) in [6.45, 7) is 1.59. The van der Waals surface area contributed by atoms with Crippen molar-refractivity contribution in [1.82, 2.24) is 0 Å². The molecule has 1 aromatic rings. The highest BCUT2D eigenvalue weighted by atomic mass is 35.7. The van der Waals surface area contributed by atoms with Gasteiger partial charge < -0.3 is 0 Å². The first-order chi connectivity index (χ1) is 6.29. The summed E-state index contributed by atoms with van der Waals surface area (Å²) in [6, 6.07) is 2.45. The number of aryl methyl sites for hydroxylation is 1. The minimum atomic E-state index is -3.64. The highest BCUT2D eigenvalue weighted by molar-refractivity contribution is 8.13. The maximum Gasteiger partial charge on any atom is 0.236 e. The van der Waals surface area contributed by atoms with Crippen molar-refractivity contribution in [2.24, 2.45) is 0 Å². The van der Waals surface area contributed by atoms with Crippen LogP contribution in [0, 0.1) is 12.7 Å². The second kappa shape index (κ2) is 4.04. The van der Waals surface area contributed by atoms with Crippen molar-refractivity contribution < 1.29 is 12.8 Å². The monoisotopic (exact) mass is 256 g/mol. The molecule has 0 saturated heterocycles. The second-order valence-corrected chi connectivity index (χ2v) is 6.06.